The summed E-state index contributed by atoms with van der Waals surface area (Å²) in [4.78, 5) is 0. The molecule has 0 aromatic carbocycles. The molecule has 6 heavy (non-hydrogen) atoms. The molecule has 3 nitrogen and oxygen atoms in total. The molecule has 0 aliphatic rings. The van der Waals surface area contributed by atoms with Crippen molar-refractivity contribution in [3.63, 3.8) is 0 Å². The van der Waals surface area contributed by atoms with Crippen molar-refractivity contribution >= 4 is 8.05 Å². The van der Waals surface area contributed by atoms with E-state index < -0.39 is 0 Å². The van der Waals surface area contributed by atoms with Crippen LogP contribution in [0.4, 0.5) is 0 Å². The van der Waals surface area contributed by atoms with E-state index in [0.29, 0.717) is 0 Å². The Hall–Kier alpha value is -0.0551. The van der Waals surface area contributed by atoms with Crippen LogP contribution in [-0.4, -0.2) is 27.3 Å². The van der Waals surface area contributed by atoms with Crippen molar-refractivity contribution in [3.8, 4) is 0 Å². The van der Waals surface area contributed by atoms with Gasteiger partial charge in [0, 0.05) is 0 Å². The van der Waals surface area contributed by atoms with E-state index in [0.717, 1.165) is 14.2 Å². The molecule has 0 aromatic heterocycles. The van der Waals surface area contributed by atoms with Gasteiger partial charge in [-0.25, -0.2) is 0 Å². The molecule has 0 bridgehead atoms. The zero-order valence-corrected chi connectivity index (χ0v) is 3.84. The standard InChI is InChI=1S/2CH3O.BHO/c3*1-2/h2*1H3;2H/q2*-1;+2. The fourth-order valence-corrected chi connectivity index (χ4v) is 0. The monoisotopic (exact) mass is 90.0 g/mol. The Kier molecular flexibility index (Phi) is 70900. The summed E-state index contributed by atoms with van der Waals surface area (Å²) in [5, 5.41) is 23.0. The Balaban J connectivity index is -0.0000000225. The minimum absolute atomic E-state index is 0.750. The van der Waals surface area contributed by atoms with Gasteiger partial charge in [-0.3, -0.25) is 0 Å². The Bertz CT molecular complexity index is 8.75. The van der Waals surface area contributed by atoms with Gasteiger partial charge in [0.1, 0.15) is 0 Å². The molecule has 0 heterocycles. The van der Waals surface area contributed by atoms with Crippen molar-refractivity contribution in [1.29, 1.82) is 0 Å². The summed E-state index contributed by atoms with van der Waals surface area (Å²) < 4.78 is 0. The van der Waals surface area contributed by atoms with E-state index in [-0.39, 0.29) is 0 Å². The average Bonchev–Trinajstić information content (AvgIpc) is 1.81. The number of rotatable bonds is 0. The number of hydrogen-bond acceptors (Lipinski definition) is 3. The molecule has 0 amide bonds. The van der Waals surface area contributed by atoms with Crippen molar-refractivity contribution in [3.05, 3.63) is 0 Å². The summed E-state index contributed by atoms with van der Waals surface area (Å²) in [6.07, 6.45) is 0. The van der Waals surface area contributed by atoms with E-state index in [1.807, 2.05) is 0 Å². The van der Waals surface area contributed by atoms with Crippen molar-refractivity contribution in [2.45, 2.75) is 0 Å². The summed E-state index contributed by atoms with van der Waals surface area (Å²) in [7, 11) is 5.00. The Labute approximate surface area is 38.7 Å². The fourth-order valence-electron chi connectivity index (χ4n) is 0. The van der Waals surface area contributed by atoms with Crippen LogP contribution in [0.25, 0.3) is 0 Å². The minimum atomic E-state index is 0.750. The number of hydrogen-bond donors (Lipinski definition) is 1. The summed E-state index contributed by atoms with van der Waals surface area (Å²) >= 11 is 0. The van der Waals surface area contributed by atoms with Crippen LogP contribution in [0.15, 0.2) is 0 Å². The van der Waals surface area contributed by atoms with Crippen molar-refractivity contribution in [1.82, 2.24) is 0 Å². The molecule has 0 spiro atoms. The second-order valence-corrected chi connectivity index (χ2v) is 0. The maximum atomic E-state index is 8.25. The van der Waals surface area contributed by atoms with Crippen LogP contribution in [0.5, 0.6) is 0 Å². The summed E-state index contributed by atoms with van der Waals surface area (Å²) in [6.45, 7) is 0. The van der Waals surface area contributed by atoms with Crippen molar-refractivity contribution in [2.75, 3.05) is 14.2 Å². The Morgan fingerprint density at radius 2 is 1.00 bits per heavy atom. The van der Waals surface area contributed by atoms with E-state index >= 15 is 0 Å². The van der Waals surface area contributed by atoms with Crippen LogP contribution < -0.4 is 10.2 Å². The first-order valence-electron chi connectivity index (χ1n) is 1.07. The van der Waals surface area contributed by atoms with E-state index in [4.69, 9.17) is 15.2 Å². The fraction of sp³-hybridized carbons (Fsp3) is 1.00. The Morgan fingerprint density at radius 1 is 1.00 bits per heavy atom. The van der Waals surface area contributed by atoms with Crippen molar-refractivity contribution in [2.24, 2.45) is 0 Å². The third kappa shape index (κ3) is 11300. The average molecular weight is 89.9 g/mol. The van der Waals surface area contributed by atoms with Gasteiger partial charge in [0.25, 0.3) is 0 Å². The van der Waals surface area contributed by atoms with Gasteiger partial charge in [-0.15, -0.1) is 0 Å². The van der Waals surface area contributed by atoms with Gasteiger partial charge in [-0.2, -0.15) is 14.2 Å². The molecule has 0 atom stereocenters. The normalized spacial score (nSPS) is 3.17. The first kappa shape index (κ1) is 16.8. The van der Waals surface area contributed by atoms with Crippen LogP contribution in [-0.2, 0) is 0 Å². The molecule has 0 aliphatic carbocycles. The van der Waals surface area contributed by atoms with Crippen LogP contribution in [0.2, 0.25) is 0 Å². The van der Waals surface area contributed by atoms with Crippen LogP contribution in [0.3, 0.4) is 0 Å². The van der Waals surface area contributed by atoms with E-state index in [9.17, 15) is 0 Å². The SMILES string of the molecule is C[O-].C[O-].[B+2]O. The Morgan fingerprint density at radius 3 is 1.00 bits per heavy atom. The second-order valence-electron chi connectivity index (χ2n) is 0. The second kappa shape index (κ2) is 25400. The van der Waals surface area contributed by atoms with E-state index in [1.54, 1.807) is 0 Å². The summed E-state index contributed by atoms with van der Waals surface area (Å²) in [5.74, 6) is 0. The molecule has 0 aromatic rings. The van der Waals surface area contributed by atoms with Gasteiger partial charge in [-0.1, -0.05) is 0 Å². The van der Waals surface area contributed by atoms with E-state index in [2.05, 4.69) is 8.05 Å². The maximum absolute atomic E-state index is 8.25. The van der Waals surface area contributed by atoms with Crippen LogP contribution >= 0.6 is 0 Å². The molecule has 0 aliphatic heterocycles. The topological polar surface area (TPSA) is 66.3 Å². The van der Waals surface area contributed by atoms with Gasteiger partial charge in [0.15, 0.2) is 0 Å². The van der Waals surface area contributed by atoms with Gasteiger partial charge in [0.05, 0.1) is 0 Å². The van der Waals surface area contributed by atoms with Crippen LogP contribution in [0, 0.1) is 0 Å². The third-order valence-electron chi connectivity index (χ3n) is 0. The molecule has 0 radical (unpaired) electrons. The molecule has 36 valence electrons. The molecule has 0 rings (SSSR count). The van der Waals surface area contributed by atoms with Gasteiger partial charge in [-0.05, 0) is 0 Å². The molecular weight excluding hydrogens is 82.8 g/mol. The molecule has 0 saturated heterocycles. The summed E-state index contributed by atoms with van der Waals surface area (Å²) in [5.41, 5.74) is 0. The van der Waals surface area contributed by atoms with Gasteiger partial charge in [0.2, 0.25) is 0 Å². The van der Waals surface area contributed by atoms with E-state index in [1.165, 1.54) is 0 Å². The predicted molar refractivity (Wildman–Crippen MR) is 19.8 cm³/mol. The quantitative estimate of drug-likeness (QED) is 0.322. The predicted octanol–water partition coefficient (Wildman–Crippen LogP) is -2.98. The molecular formula is C2H7BO3. The first-order chi connectivity index (χ1) is 3.00. The molecule has 4 heteroatoms. The zero-order chi connectivity index (χ0) is 6.00. The molecule has 1 N–H and O–H groups in total. The molecule has 0 saturated carbocycles. The zero-order valence-electron chi connectivity index (χ0n) is 3.84. The molecule has 0 fully saturated rings. The van der Waals surface area contributed by atoms with Crippen molar-refractivity contribution < 1.29 is 15.2 Å². The van der Waals surface area contributed by atoms with Gasteiger partial charge >= 0.3 is 13.1 Å². The molecule has 0 unspecified atom stereocenters. The van der Waals surface area contributed by atoms with Gasteiger partial charge < -0.3 is 10.2 Å². The summed E-state index contributed by atoms with van der Waals surface area (Å²) in [6, 6.07) is 0. The first-order valence-corrected chi connectivity index (χ1v) is 1.07. The third-order valence-corrected chi connectivity index (χ3v) is 0. The van der Waals surface area contributed by atoms with Crippen LogP contribution in [0.1, 0.15) is 0 Å².